The minimum atomic E-state index is -0.215. The number of rotatable bonds is 5. The molecule has 0 radical (unpaired) electrons. The summed E-state index contributed by atoms with van der Waals surface area (Å²) in [5, 5.41) is 6.63. The number of nitrogens with one attached hydrogen (secondary N) is 2. The quantitative estimate of drug-likeness (QED) is 0.422. The fourth-order valence-corrected chi connectivity index (χ4v) is 2.09. The van der Waals surface area contributed by atoms with Crippen LogP contribution in [0.3, 0.4) is 0 Å². The summed E-state index contributed by atoms with van der Waals surface area (Å²) in [7, 11) is 4.02. The Bertz CT molecular complexity index is 480. The second-order valence-electron chi connectivity index (χ2n) is 6.63. The van der Waals surface area contributed by atoms with Crippen LogP contribution in [0.1, 0.15) is 39.3 Å². The monoisotopic (exact) mass is 436 g/mol. The molecule has 1 aromatic rings. The van der Waals surface area contributed by atoms with E-state index in [9.17, 15) is 4.39 Å². The van der Waals surface area contributed by atoms with Gasteiger partial charge in [0.05, 0.1) is 12.6 Å². The number of hydrogen-bond donors (Lipinski definition) is 2. The van der Waals surface area contributed by atoms with Crippen molar-refractivity contribution in [3.63, 3.8) is 0 Å². The van der Waals surface area contributed by atoms with Crippen LogP contribution in [0.4, 0.5) is 4.39 Å². The summed E-state index contributed by atoms with van der Waals surface area (Å²) in [5.41, 5.74) is 1.01. The number of halogens is 2. The summed E-state index contributed by atoms with van der Waals surface area (Å²) < 4.78 is 13.1. The van der Waals surface area contributed by atoms with Crippen molar-refractivity contribution in [2.75, 3.05) is 27.2 Å². The fraction of sp³-hybridized carbons (Fsp3) is 0.588. The van der Waals surface area contributed by atoms with E-state index in [1.54, 1.807) is 0 Å². The van der Waals surface area contributed by atoms with E-state index in [0.717, 1.165) is 18.1 Å². The molecule has 0 heterocycles. The predicted molar refractivity (Wildman–Crippen MR) is 107 cm³/mol. The van der Waals surface area contributed by atoms with Gasteiger partial charge in [-0.1, -0.05) is 12.1 Å². The zero-order valence-electron chi connectivity index (χ0n) is 15.0. The standard InChI is InChI=1S/C17H29FN4.HI/c1-7-19-16(21-17(2,3)4)20-12-15(22(5)6)13-8-10-14(18)11-9-13;/h8-11,15H,7,12H2,1-6H3,(H2,19,20,21);1H. The third-order valence-corrected chi connectivity index (χ3v) is 3.14. The maximum Gasteiger partial charge on any atom is 0.191 e. The average Bonchev–Trinajstić information content (AvgIpc) is 2.39. The molecule has 0 fully saturated rings. The molecule has 23 heavy (non-hydrogen) atoms. The maximum absolute atomic E-state index is 13.1. The Morgan fingerprint density at radius 2 is 1.78 bits per heavy atom. The van der Waals surface area contributed by atoms with Gasteiger partial charge in [-0.05, 0) is 59.5 Å². The van der Waals surface area contributed by atoms with E-state index in [-0.39, 0.29) is 41.4 Å². The molecule has 0 aliphatic carbocycles. The number of hydrogen-bond acceptors (Lipinski definition) is 2. The van der Waals surface area contributed by atoms with Gasteiger partial charge < -0.3 is 15.5 Å². The first-order chi connectivity index (χ1) is 10.2. The van der Waals surface area contributed by atoms with E-state index in [1.807, 2.05) is 33.2 Å². The Balaban J connectivity index is 0.00000484. The largest absolute Gasteiger partial charge is 0.357 e. The highest BCUT2D eigenvalue weighted by atomic mass is 127. The minimum absolute atomic E-state index is 0. The third-order valence-electron chi connectivity index (χ3n) is 3.14. The molecule has 0 aliphatic rings. The van der Waals surface area contributed by atoms with E-state index < -0.39 is 0 Å². The van der Waals surface area contributed by atoms with Gasteiger partial charge in [0.2, 0.25) is 0 Å². The lowest BCUT2D eigenvalue weighted by Crippen LogP contribution is -2.47. The Labute approximate surface area is 157 Å². The van der Waals surface area contributed by atoms with E-state index >= 15 is 0 Å². The second-order valence-corrected chi connectivity index (χ2v) is 6.63. The lowest BCUT2D eigenvalue weighted by molar-refractivity contribution is 0.306. The molecule has 0 aliphatic heterocycles. The molecule has 1 atom stereocenters. The first kappa shape index (κ1) is 22.1. The van der Waals surface area contributed by atoms with Gasteiger partial charge in [-0.2, -0.15) is 0 Å². The number of likely N-dealkylation sites (N-methyl/N-ethyl adjacent to an activating group) is 1. The van der Waals surface area contributed by atoms with Gasteiger partial charge in [0.25, 0.3) is 0 Å². The highest BCUT2D eigenvalue weighted by Crippen LogP contribution is 2.19. The van der Waals surface area contributed by atoms with Gasteiger partial charge in [-0.15, -0.1) is 24.0 Å². The van der Waals surface area contributed by atoms with E-state index in [0.29, 0.717) is 6.54 Å². The lowest BCUT2D eigenvalue weighted by Gasteiger charge is -2.26. The SMILES string of the molecule is CCNC(=NCC(c1ccc(F)cc1)N(C)C)NC(C)(C)C.I. The van der Waals surface area contributed by atoms with Gasteiger partial charge in [0, 0.05) is 12.1 Å². The Hall–Kier alpha value is -0.890. The normalized spacial score (nSPS) is 13.5. The van der Waals surface area contributed by atoms with Gasteiger partial charge in [-0.25, -0.2) is 4.39 Å². The summed E-state index contributed by atoms with van der Waals surface area (Å²) in [6.07, 6.45) is 0. The van der Waals surface area contributed by atoms with E-state index in [1.165, 1.54) is 12.1 Å². The average molecular weight is 436 g/mol. The molecular formula is C17H30FIN4. The van der Waals surface area contributed by atoms with Crippen LogP contribution in [0, 0.1) is 5.82 Å². The summed E-state index contributed by atoms with van der Waals surface area (Å²) in [6, 6.07) is 6.73. The van der Waals surface area contributed by atoms with Crippen molar-refractivity contribution in [3.05, 3.63) is 35.6 Å². The van der Waals surface area contributed by atoms with Crippen LogP contribution in [-0.4, -0.2) is 43.6 Å². The number of aliphatic imine (C=N–C) groups is 1. The van der Waals surface area contributed by atoms with Crippen molar-refractivity contribution in [1.29, 1.82) is 0 Å². The van der Waals surface area contributed by atoms with E-state index in [4.69, 9.17) is 0 Å². The number of guanidine groups is 1. The molecule has 0 saturated carbocycles. The smallest absolute Gasteiger partial charge is 0.191 e. The minimum Gasteiger partial charge on any atom is -0.357 e. The Kier molecular flexibility index (Phi) is 9.68. The maximum atomic E-state index is 13.1. The van der Waals surface area contributed by atoms with Crippen molar-refractivity contribution >= 4 is 29.9 Å². The predicted octanol–water partition coefficient (Wildman–Crippen LogP) is 3.40. The molecule has 6 heteroatoms. The molecular weight excluding hydrogens is 406 g/mol. The molecule has 1 rings (SSSR count). The van der Waals surface area contributed by atoms with Crippen molar-refractivity contribution < 1.29 is 4.39 Å². The Morgan fingerprint density at radius 3 is 2.22 bits per heavy atom. The van der Waals surface area contributed by atoms with E-state index in [2.05, 4.69) is 41.3 Å². The molecule has 0 aromatic heterocycles. The summed E-state index contributed by atoms with van der Waals surface area (Å²) in [5.74, 6) is 0.580. The van der Waals surface area contributed by atoms with Crippen LogP contribution in [0.25, 0.3) is 0 Å². The van der Waals surface area contributed by atoms with Crippen LogP contribution in [0.2, 0.25) is 0 Å². The highest BCUT2D eigenvalue weighted by Gasteiger charge is 2.16. The first-order valence-electron chi connectivity index (χ1n) is 7.71. The molecule has 0 amide bonds. The molecule has 2 N–H and O–H groups in total. The van der Waals surface area contributed by atoms with Crippen molar-refractivity contribution in [2.24, 2.45) is 4.99 Å². The molecule has 0 spiro atoms. The van der Waals surface area contributed by atoms with Crippen LogP contribution >= 0.6 is 24.0 Å². The number of benzene rings is 1. The molecule has 0 bridgehead atoms. The van der Waals surface area contributed by atoms with Gasteiger partial charge in [0.1, 0.15) is 5.82 Å². The second kappa shape index (κ2) is 10.1. The van der Waals surface area contributed by atoms with Crippen LogP contribution in [0.5, 0.6) is 0 Å². The van der Waals surface area contributed by atoms with Crippen molar-refractivity contribution in [2.45, 2.75) is 39.3 Å². The van der Waals surface area contributed by atoms with Gasteiger partial charge in [-0.3, -0.25) is 4.99 Å². The summed E-state index contributed by atoms with van der Waals surface area (Å²) in [4.78, 5) is 6.77. The molecule has 132 valence electrons. The zero-order valence-corrected chi connectivity index (χ0v) is 17.3. The van der Waals surface area contributed by atoms with Crippen LogP contribution in [0.15, 0.2) is 29.3 Å². The molecule has 1 unspecified atom stereocenters. The zero-order chi connectivity index (χ0) is 16.8. The summed E-state index contributed by atoms with van der Waals surface area (Å²) in [6.45, 7) is 9.76. The van der Waals surface area contributed by atoms with Gasteiger partial charge in [0.15, 0.2) is 5.96 Å². The third kappa shape index (κ3) is 8.50. The first-order valence-corrected chi connectivity index (χ1v) is 7.71. The fourth-order valence-electron chi connectivity index (χ4n) is 2.09. The Morgan fingerprint density at radius 1 is 1.22 bits per heavy atom. The number of nitrogens with zero attached hydrogens (tertiary/aromatic N) is 2. The highest BCUT2D eigenvalue weighted by molar-refractivity contribution is 14.0. The molecule has 0 saturated heterocycles. The van der Waals surface area contributed by atoms with Crippen LogP contribution < -0.4 is 10.6 Å². The van der Waals surface area contributed by atoms with Crippen LogP contribution in [-0.2, 0) is 0 Å². The molecule has 4 nitrogen and oxygen atoms in total. The lowest BCUT2D eigenvalue weighted by atomic mass is 10.1. The topological polar surface area (TPSA) is 39.7 Å². The summed E-state index contributed by atoms with van der Waals surface area (Å²) >= 11 is 0. The molecule has 1 aromatic carbocycles. The van der Waals surface area contributed by atoms with Crippen molar-refractivity contribution in [3.8, 4) is 0 Å². The van der Waals surface area contributed by atoms with Gasteiger partial charge >= 0.3 is 0 Å². The van der Waals surface area contributed by atoms with Crippen molar-refractivity contribution in [1.82, 2.24) is 15.5 Å².